The zero-order chi connectivity index (χ0) is 10.6. The number of hydrogen-bond donors (Lipinski definition) is 0. The lowest BCUT2D eigenvalue weighted by Gasteiger charge is -2.00. The van der Waals surface area contributed by atoms with Crippen LogP contribution in [0.4, 0.5) is 0 Å². The van der Waals surface area contributed by atoms with Crippen molar-refractivity contribution >= 4 is 23.6 Å². The third kappa shape index (κ3) is 2.60. The number of hydrogen-bond acceptors (Lipinski definition) is 2. The maximum atomic E-state index is 10.8. The summed E-state index contributed by atoms with van der Waals surface area (Å²) in [5.74, 6) is -0.387. The largest absolute Gasteiger partial charge is 0.466 e. The highest BCUT2D eigenvalue weighted by Crippen LogP contribution is 2.21. The summed E-state index contributed by atoms with van der Waals surface area (Å²) in [4.78, 5) is 10.8. The van der Waals surface area contributed by atoms with Crippen molar-refractivity contribution in [2.45, 2.75) is 6.92 Å². The van der Waals surface area contributed by atoms with Crippen molar-refractivity contribution in [1.29, 1.82) is 0 Å². The zero-order valence-electron chi connectivity index (χ0n) is 8.08. The lowest BCUT2D eigenvalue weighted by molar-refractivity contribution is -0.134. The highest BCUT2D eigenvalue weighted by atomic mass is 35.5. The zero-order valence-corrected chi connectivity index (χ0v) is 8.84. The molecular formula is C11H11ClO2. The van der Waals surface area contributed by atoms with E-state index < -0.39 is 0 Å². The molecule has 74 valence electrons. The van der Waals surface area contributed by atoms with Gasteiger partial charge in [-0.3, -0.25) is 0 Å². The molecule has 0 atom stereocenters. The fourth-order valence-corrected chi connectivity index (χ4v) is 1.21. The number of carbonyl (C=O) groups excluding carboxylic acids is 1. The van der Waals surface area contributed by atoms with Gasteiger partial charge in [0.1, 0.15) is 0 Å². The van der Waals surface area contributed by atoms with Gasteiger partial charge in [0.05, 0.1) is 12.1 Å². The molecule has 0 bridgehead atoms. The lowest BCUT2D eigenvalue weighted by Crippen LogP contribution is -1.93. The van der Waals surface area contributed by atoms with Gasteiger partial charge in [-0.15, -0.1) is 0 Å². The molecule has 0 unspecified atom stereocenters. The van der Waals surface area contributed by atoms with Crippen LogP contribution in [0, 0.1) is 6.92 Å². The van der Waals surface area contributed by atoms with Gasteiger partial charge in [-0.1, -0.05) is 29.8 Å². The minimum Gasteiger partial charge on any atom is -0.466 e. The fraction of sp³-hybridized carbons (Fsp3) is 0.182. The van der Waals surface area contributed by atoms with Gasteiger partial charge in [0.25, 0.3) is 0 Å². The Morgan fingerprint density at radius 1 is 1.50 bits per heavy atom. The van der Waals surface area contributed by atoms with E-state index in [1.807, 2.05) is 25.1 Å². The minimum atomic E-state index is -0.387. The molecule has 0 saturated carbocycles. The summed E-state index contributed by atoms with van der Waals surface area (Å²) < 4.78 is 4.47. The van der Waals surface area contributed by atoms with Crippen LogP contribution in [0.1, 0.15) is 11.1 Å². The van der Waals surface area contributed by atoms with Gasteiger partial charge < -0.3 is 4.74 Å². The number of rotatable bonds is 2. The van der Waals surface area contributed by atoms with Crippen LogP contribution < -0.4 is 0 Å². The molecule has 0 heterocycles. The molecule has 0 radical (unpaired) electrons. The summed E-state index contributed by atoms with van der Waals surface area (Å²) >= 11 is 6.02. The second-order valence-corrected chi connectivity index (χ2v) is 3.21. The number of benzene rings is 1. The van der Waals surface area contributed by atoms with Gasteiger partial charge in [-0.25, -0.2) is 4.79 Å². The SMILES string of the molecule is COC(=O)C=Cc1cccc(C)c1Cl. The highest BCUT2D eigenvalue weighted by molar-refractivity contribution is 6.32. The van der Waals surface area contributed by atoms with Crippen molar-refractivity contribution in [2.24, 2.45) is 0 Å². The Balaban J connectivity index is 2.92. The molecule has 1 rings (SSSR count). The molecule has 14 heavy (non-hydrogen) atoms. The van der Waals surface area contributed by atoms with Crippen molar-refractivity contribution in [3.05, 3.63) is 40.4 Å². The number of carbonyl (C=O) groups is 1. The normalized spacial score (nSPS) is 10.5. The van der Waals surface area contributed by atoms with Crippen molar-refractivity contribution in [3.8, 4) is 0 Å². The Labute approximate surface area is 88.1 Å². The molecule has 0 saturated heterocycles. The van der Waals surface area contributed by atoms with Crippen LogP contribution in [0.5, 0.6) is 0 Å². The fourth-order valence-electron chi connectivity index (χ4n) is 1.02. The van der Waals surface area contributed by atoms with Crippen molar-refractivity contribution in [2.75, 3.05) is 7.11 Å². The number of methoxy groups -OCH3 is 1. The van der Waals surface area contributed by atoms with E-state index in [0.717, 1.165) is 11.1 Å². The molecule has 0 aliphatic rings. The number of halogens is 1. The van der Waals surface area contributed by atoms with E-state index in [0.29, 0.717) is 5.02 Å². The second kappa shape index (κ2) is 4.82. The van der Waals surface area contributed by atoms with Crippen LogP contribution in [0.2, 0.25) is 5.02 Å². The number of aryl methyl sites for hydroxylation is 1. The average Bonchev–Trinajstić information content (AvgIpc) is 2.20. The van der Waals surface area contributed by atoms with Crippen molar-refractivity contribution in [3.63, 3.8) is 0 Å². The van der Waals surface area contributed by atoms with Gasteiger partial charge in [0, 0.05) is 6.08 Å². The molecule has 0 N–H and O–H groups in total. The quantitative estimate of drug-likeness (QED) is 0.554. The molecule has 0 aliphatic carbocycles. The number of esters is 1. The first-order valence-corrected chi connectivity index (χ1v) is 4.54. The molecule has 3 heteroatoms. The predicted molar refractivity (Wildman–Crippen MR) is 57.2 cm³/mol. The third-order valence-corrected chi connectivity index (χ3v) is 2.34. The Bertz CT molecular complexity index is 370. The second-order valence-electron chi connectivity index (χ2n) is 2.83. The van der Waals surface area contributed by atoms with E-state index in [4.69, 9.17) is 11.6 Å². The maximum Gasteiger partial charge on any atom is 0.330 e. The van der Waals surface area contributed by atoms with E-state index in [2.05, 4.69) is 4.74 Å². The topological polar surface area (TPSA) is 26.3 Å². The molecule has 0 aliphatic heterocycles. The van der Waals surface area contributed by atoms with Crippen molar-refractivity contribution < 1.29 is 9.53 Å². The van der Waals surface area contributed by atoms with Gasteiger partial charge in [-0.2, -0.15) is 0 Å². The van der Waals surface area contributed by atoms with Gasteiger partial charge in [0.2, 0.25) is 0 Å². The first-order chi connectivity index (χ1) is 6.65. The smallest absolute Gasteiger partial charge is 0.330 e. The van der Waals surface area contributed by atoms with Crippen LogP contribution >= 0.6 is 11.6 Å². The monoisotopic (exact) mass is 210 g/mol. The maximum absolute atomic E-state index is 10.8. The molecule has 0 fully saturated rings. The van der Waals surface area contributed by atoms with E-state index in [9.17, 15) is 4.79 Å². The Morgan fingerprint density at radius 3 is 2.86 bits per heavy atom. The summed E-state index contributed by atoms with van der Waals surface area (Å²) in [6.07, 6.45) is 2.99. The Hall–Kier alpha value is -1.28. The summed E-state index contributed by atoms with van der Waals surface area (Å²) in [7, 11) is 1.34. The molecule has 0 amide bonds. The van der Waals surface area contributed by atoms with E-state index >= 15 is 0 Å². The standard InChI is InChI=1S/C11H11ClO2/c1-8-4-3-5-9(11(8)12)6-7-10(13)14-2/h3-7H,1-2H3. The molecule has 0 spiro atoms. The van der Waals surface area contributed by atoms with Crippen LogP contribution in [-0.2, 0) is 9.53 Å². The van der Waals surface area contributed by atoms with E-state index in [1.165, 1.54) is 13.2 Å². The molecule has 2 nitrogen and oxygen atoms in total. The lowest BCUT2D eigenvalue weighted by atomic mass is 10.1. The molecule has 0 aromatic heterocycles. The summed E-state index contributed by atoms with van der Waals surface area (Å²) in [5, 5.41) is 0.660. The van der Waals surface area contributed by atoms with Crippen LogP contribution in [0.3, 0.4) is 0 Å². The Morgan fingerprint density at radius 2 is 2.21 bits per heavy atom. The minimum absolute atomic E-state index is 0.387. The first kappa shape index (κ1) is 10.8. The average molecular weight is 211 g/mol. The predicted octanol–water partition coefficient (Wildman–Crippen LogP) is 2.83. The Kier molecular flexibility index (Phi) is 3.72. The number of ether oxygens (including phenoxy) is 1. The highest BCUT2D eigenvalue weighted by Gasteiger charge is 1.99. The van der Waals surface area contributed by atoms with Crippen molar-refractivity contribution in [1.82, 2.24) is 0 Å². The summed E-state index contributed by atoms with van der Waals surface area (Å²) in [6, 6.07) is 5.64. The first-order valence-electron chi connectivity index (χ1n) is 4.16. The van der Waals surface area contributed by atoms with Gasteiger partial charge in [0.15, 0.2) is 0 Å². The van der Waals surface area contributed by atoms with Gasteiger partial charge >= 0.3 is 5.97 Å². The summed E-state index contributed by atoms with van der Waals surface area (Å²) in [6.45, 7) is 1.91. The van der Waals surface area contributed by atoms with Gasteiger partial charge in [-0.05, 0) is 24.1 Å². The molecular weight excluding hydrogens is 200 g/mol. The molecule has 1 aromatic carbocycles. The van der Waals surface area contributed by atoms with Crippen LogP contribution in [0.25, 0.3) is 6.08 Å². The van der Waals surface area contributed by atoms with E-state index in [1.54, 1.807) is 6.08 Å². The van der Waals surface area contributed by atoms with Crippen LogP contribution in [0.15, 0.2) is 24.3 Å². The summed E-state index contributed by atoms with van der Waals surface area (Å²) in [5.41, 5.74) is 1.80. The van der Waals surface area contributed by atoms with E-state index in [-0.39, 0.29) is 5.97 Å². The molecule has 1 aromatic rings. The van der Waals surface area contributed by atoms with Crippen LogP contribution in [-0.4, -0.2) is 13.1 Å². The third-order valence-electron chi connectivity index (χ3n) is 1.82.